The molecule has 2 saturated heterocycles. The van der Waals surface area contributed by atoms with Crippen molar-refractivity contribution in [2.24, 2.45) is 11.8 Å². The summed E-state index contributed by atoms with van der Waals surface area (Å²) in [5, 5.41) is 5.96. The molecule has 0 bridgehead atoms. The fourth-order valence-corrected chi connectivity index (χ4v) is 6.88. The Hall–Kier alpha value is -1.94. The second kappa shape index (κ2) is 10.7. The van der Waals surface area contributed by atoms with E-state index in [1.165, 1.54) is 19.1 Å². The minimum atomic E-state index is -2.89. The number of anilines is 1. The number of piperidine rings is 1. The Morgan fingerprint density at radius 1 is 1.16 bits per heavy atom. The number of rotatable bonds is 8. The molecule has 37 heavy (non-hydrogen) atoms. The number of hydrogen-bond acceptors (Lipinski definition) is 7. The third kappa shape index (κ3) is 5.90. The van der Waals surface area contributed by atoms with E-state index in [1.54, 1.807) is 6.07 Å². The van der Waals surface area contributed by atoms with Gasteiger partial charge in [-0.15, -0.1) is 0 Å². The SMILES string of the molecule is Cc1nn(C(C)c2ccc(Cl)cc2Cl)c2nc(N3CC([C@@H]4CCCN(CCCS(C)(=O)=O)C4)C3)cnc12. The lowest BCUT2D eigenvalue weighted by atomic mass is 9.80. The number of likely N-dealkylation sites (tertiary alicyclic amines) is 1. The maximum atomic E-state index is 11.5. The van der Waals surface area contributed by atoms with Gasteiger partial charge in [0.1, 0.15) is 21.2 Å². The second-order valence-corrected chi connectivity index (χ2v) is 13.7. The third-order valence-electron chi connectivity index (χ3n) is 7.77. The van der Waals surface area contributed by atoms with Gasteiger partial charge in [-0.3, -0.25) is 0 Å². The molecule has 1 unspecified atom stereocenters. The van der Waals surface area contributed by atoms with Gasteiger partial charge < -0.3 is 9.80 Å². The van der Waals surface area contributed by atoms with Gasteiger partial charge in [0.15, 0.2) is 5.65 Å². The van der Waals surface area contributed by atoms with E-state index in [2.05, 4.69) is 16.7 Å². The van der Waals surface area contributed by atoms with Gasteiger partial charge in [-0.2, -0.15) is 5.10 Å². The highest BCUT2D eigenvalue weighted by Gasteiger charge is 2.36. The van der Waals surface area contributed by atoms with Crippen LogP contribution in [0.3, 0.4) is 0 Å². The summed E-state index contributed by atoms with van der Waals surface area (Å²) < 4.78 is 24.8. The zero-order valence-corrected chi connectivity index (χ0v) is 23.9. The number of benzene rings is 1. The van der Waals surface area contributed by atoms with E-state index in [9.17, 15) is 8.42 Å². The summed E-state index contributed by atoms with van der Waals surface area (Å²) in [6.45, 7) is 8.92. The summed E-state index contributed by atoms with van der Waals surface area (Å²) in [6, 6.07) is 5.41. The van der Waals surface area contributed by atoms with Gasteiger partial charge >= 0.3 is 0 Å². The number of aromatic nitrogens is 4. The summed E-state index contributed by atoms with van der Waals surface area (Å²) in [7, 11) is -2.89. The third-order valence-corrected chi connectivity index (χ3v) is 9.36. The van der Waals surface area contributed by atoms with Crippen molar-refractivity contribution in [3.05, 3.63) is 45.7 Å². The lowest BCUT2D eigenvalue weighted by molar-refractivity contribution is 0.120. The molecule has 2 fully saturated rings. The van der Waals surface area contributed by atoms with Crippen molar-refractivity contribution in [2.75, 3.05) is 49.6 Å². The Morgan fingerprint density at radius 3 is 2.68 bits per heavy atom. The van der Waals surface area contributed by atoms with E-state index < -0.39 is 9.84 Å². The molecule has 200 valence electrons. The lowest BCUT2D eigenvalue weighted by Gasteiger charge is -2.47. The van der Waals surface area contributed by atoms with Gasteiger partial charge in [-0.05, 0) is 75.7 Å². The minimum Gasteiger partial charge on any atom is -0.355 e. The molecule has 0 N–H and O–H groups in total. The van der Waals surface area contributed by atoms with Gasteiger partial charge in [0, 0.05) is 35.9 Å². The lowest BCUT2D eigenvalue weighted by Crippen LogP contribution is -2.54. The van der Waals surface area contributed by atoms with Crippen molar-refractivity contribution in [2.45, 2.75) is 39.2 Å². The molecule has 2 aliphatic rings. The molecule has 0 aliphatic carbocycles. The molecule has 0 spiro atoms. The molecule has 0 saturated carbocycles. The molecule has 3 aromatic rings. The van der Waals surface area contributed by atoms with Crippen LogP contribution in [0.25, 0.3) is 11.2 Å². The first kappa shape index (κ1) is 26.7. The first-order valence-corrected chi connectivity index (χ1v) is 15.7. The molecule has 5 rings (SSSR count). The van der Waals surface area contributed by atoms with Crippen LogP contribution in [0.1, 0.15) is 43.5 Å². The molecule has 0 amide bonds. The van der Waals surface area contributed by atoms with Gasteiger partial charge in [0.25, 0.3) is 0 Å². The summed E-state index contributed by atoms with van der Waals surface area (Å²) in [4.78, 5) is 14.5. The molecule has 0 radical (unpaired) electrons. The minimum absolute atomic E-state index is 0.120. The number of halogens is 2. The Kier molecular flexibility index (Phi) is 7.69. The van der Waals surface area contributed by atoms with Crippen LogP contribution in [0, 0.1) is 18.8 Å². The van der Waals surface area contributed by atoms with Crippen molar-refractivity contribution in [1.82, 2.24) is 24.6 Å². The van der Waals surface area contributed by atoms with E-state index in [-0.39, 0.29) is 11.8 Å². The van der Waals surface area contributed by atoms with E-state index in [0.29, 0.717) is 28.3 Å². The van der Waals surface area contributed by atoms with Crippen LogP contribution < -0.4 is 4.90 Å². The highest BCUT2D eigenvalue weighted by Crippen LogP contribution is 2.35. The Balaban J connectivity index is 1.26. The molecule has 11 heteroatoms. The van der Waals surface area contributed by atoms with E-state index in [0.717, 1.165) is 61.0 Å². The number of hydrogen-bond donors (Lipinski definition) is 0. The number of sulfone groups is 1. The largest absolute Gasteiger partial charge is 0.355 e. The quantitative estimate of drug-likeness (QED) is 0.394. The van der Waals surface area contributed by atoms with Gasteiger partial charge in [-0.25, -0.2) is 23.1 Å². The van der Waals surface area contributed by atoms with Crippen LogP contribution >= 0.6 is 23.2 Å². The summed E-state index contributed by atoms with van der Waals surface area (Å²) in [5.41, 5.74) is 3.33. The fourth-order valence-electron chi connectivity index (χ4n) is 5.66. The Labute approximate surface area is 228 Å². The van der Waals surface area contributed by atoms with E-state index >= 15 is 0 Å². The average Bonchev–Trinajstić information content (AvgIpc) is 3.13. The maximum absolute atomic E-state index is 11.5. The van der Waals surface area contributed by atoms with Crippen LogP contribution in [0.2, 0.25) is 10.0 Å². The van der Waals surface area contributed by atoms with Gasteiger partial charge in [0.05, 0.1) is 23.7 Å². The molecular weight excluding hydrogens is 531 g/mol. The predicted octanol–water partition coefficient (Wildman–Crippen LogP) is 4.63. The standard InChI is InChI=1S/C26H34Cl2N6O2S/c1-17-25-26(34(31-17)18(2)22-8-7-21(27)12-23(22)28)30-24(13-29-25)33-15-20(16-33)19-6-4-9-32(14-19)10-5-11-37(3,35)36/h7-8,12-13,18-20H,4-6,9-11,14-16H2,1-3H3/t18?,19-/m1/s1. The molecule has 2 atom stereocenters. The smallest absolute Gasteiger partial charge is 0.179 e. The zero-order chi connectivity index (χ0) is 26.3. The number of fused-ring (bicyclic) bond motifs is 1. The van der Waals surface area contributed by atoms with Crippen molar-refractivity contribution in [3.8, 4) is 0 Å². The van der Waals surface area contributed by atoms with Crippen LogP contribution in [-0.2, 0) is 9.84 Å². The first-order valence-electron chi connectivity index (χ1n) is 12.9. The van der Waals surface area contributed by atoms with E-state index in [1.807, 2.05) is 29.9 Å². The van der Waals surface area contributed by atoms with Crippen LogP contribution in [0.5, 0.6) is 0 Å². The van der Waals surface area contributed by atoms with Crippen LogP contribution in [-0.4, -0.2) is 77.8 Å². The Bertz CT molecular complexity index is 1390. The van der Waals surface area contributed by atoms with Crippen molar-refractivity contribution in [1.29, 1.82) is 0 Å². The number of nitrogens with zero attached hydrogens (tertiary/aromatic N) is 6. The highest BCUT2D eigenvalue weighted by molar-refractivity contribution is 7.90. The van der Waals surface area contributed by atoms with Gasteiger partial charge in [0.2, 0.25) is 0 Å². The van der Waals surface area contributed by atoms with E-state index in [4.69, 9.17) is 38.3 Å². The zero-order valence-electron chi connectivity index (χ0n) is 21.6. The van der Waals surface area contributed by atoms with Gasteiger partial charge in [-0.1, -0.05) is 29.3 Å². The fraction of sp³-hybridized carbons (Fsp3) is 0.577. The maximum Gasteiger partial charge on any atom is 0.179 e. The van der Waals surface area contributed by atoms with Crippen molar-refractivity contribution in [3.63, 3.8) is 0 Å². The predicted molar refractivity (Wildman–Crippen MR) is 150 cm³/mol. The number of aryl methyl sites for hydroxylation is 1. The second-order valence-electron chi connectivity index (χ2n) is 10.6. The van der Waals surface area contributed by atoms with Crippen LogP contribution in [0.15, 0.2) is 24.4 Å². The van der Waals surface area contributed by atoms with Crippen LogP contribution in [0.4, 0.5) is 5.82 Å². The first-order chi connectivity index (χ1) is 17.6. The monoisotopic (exact) mass is 564 g/mol. The van der Waals surface area contributed by atoms with Crippen molar-refractivity contribution >= 4 is 50.0 Å². The molecule has 2 aliphatic heterocycles. The normalized spacial score (nSPS) is 20.4. The Morgan fingerprint density at radius 2 is 1.95 bits per heavy atom. The molecule has 1 aromatic carbocycles. The van der Waals surface area contributed by atoms with Crippen molar-refractivity contribution < 1.29 is 8.42 Å². The molecule has 2 aromatic heterocycles. The highest BCUT2D eigenvalue weighted by atomic mass is 35.5. The molecular formula is C26H34Cl2N6O2S. The topological polar surface area (TPSA) is 84.2 Å². The average molecular weight is 566 g/mol. The molecule has 4 heterocycles. The molecule has 8 nitrogen and oxygen atoms in total. The summed E-state index contributed by atoms with van der Waals surface area (Å²) in [5.74, 6) is 2.40. The summed E-state index contributed by atoms with van der Waals surface area (Å²) in [6.07, 6.45) is 6.30. The summed E-state index contributed by atoms with van der Waals surface area (Å²) >= 11 is 12.6.